The third-order valence-corrected chi connectivity index (χ3v) is 3.07. The van der Waals surface area contributed by atoms with Crippen molar-refractivity contribution in [2.45, 2.75) is 6.61 Å². The van der Waals surface area contributed by atoms with Crippen LogP contribution in [-0.2, 0) is 0 Å². The van der Waals surface area contributed by atoms with Crippen LogP contribution in [0, 0.1) is 0 Å². The van der Waals surface area contributed by atoms with E-state index in [0.29, 0.717) is 11.1 Å². The summed E-state index contributed by atoms with van der Waals surface area (Å²) >= 11 is 5.76. The molecule has 0 aliphatic heterocycles. The zero-order valence-electron chi connectivity index (χ0n) is 11.2. The third-order valence-electron chi connectivity index (χ3n) is 2.76. The maximum atomic E-state index is 12.0. The highest BCUT2D eigenvalue weighted by molar-refractivity contribution is 6.32. The lowest BCUT2D eigenvalue weighted by Crippen LogP contribution is -2.02. The van der Waals surface area contributed by atoms with E-state index >= 15 is 0 Å². The maximum Gasteiger partial charge on any atom is 0.387 e. The van der Waals surface area contributed by atoms with Crippen LogP contribution in [0.2, 0.25) is 5.02 Å². The van der Waals surface area contributed by atoms with Crippen molar-refractivity contribution in [3.05, 3.63) is 64.7 Å². The summed E-state index contributed by atoms with van der Waals surface area (Å²) in [5, 5.41) is 9.48. The van der Waals surface area contributed by atoms with Crippen molar-refractivity contribution in [3.63, 3.8) is 0 Å². The minimum absolute atomic E-state index is 0.0131. The lowest BCUT2D eigenvalue weighted by atomic mass is 10.1. The molecule has 0 atom stereocenters. The molecule has 0 saturated heterocycles. The Labute approximate surface area is 130 Å². The van der Waals surface area contributed by atoms with E-state index in [9.17, 15) is 18.7 Å². The van der Waals surface area contributed by atoms with Crippen LogP contribution in [0.3, 0.4) is 0 Å². The number of benzene rings is 2. The minimum Gasteiger partial charge on any atom is -0.506 e. The Morgan fingerprint density at radius 2 is 1.86 bits per heavy atom. The SMILES string of the molecule is O=C(/C=C/c1ccc(O)c(Cl)c1)c1ccc(OC(F)F)cc1. The number of alkyl halides is 2. The third kappa shape index (κ3) is 4.30. The zero-order valence-corrected chi connectivity index (χ0v) is 11.9. The minimum atomic E-state index is -2.90. The van der Waals surface area contributed by atoms with Crippen LogP contribution in [0.15, 0.2) is 48.5 Å². The van der Waals surface area contributed by atoms with Crippen LogP contribution in [0.25, 0.3) is 6.08 Å². The Balaban J connectivity index is 2.08. The van der Waals surface area contributed by atoms with Gasteiger partial charge in [0.15, 0.2) is 5.78 Å². The molecule has 0 saturated carbocycles. The number of rotatable bonds is 5. The lowest BCUT2D eigenvalue weighted by molar-refractivity contribution is -0.0498. The highest BCUT2D eigenvalue weighted by Crippen LogP contribution is 2.24. The quantitative estimate of drug-likeness (QED) is 0.648. The molecule has 0 radical (unpaired) electrons. The van der Waals surface area contributed by atoms with Gasteiger partial charge in [-0.05, 0) is 48.0 Å². The number of aromatic hydroxyl groups is 1. The van der Waals surface area contributed by atoms with Gasteiger partial charge in [-0.25, -0.2) is 0 Å². The number of allylic oxidation sites excluding steroid dienone is 1. The second kappa shape index (κ2) is 7.04. The number of phenols is 1. The molecule has 114 valence electrons. The number of hydrogen-bond acceptors (Lipinski definition) is 3. The van der Waals surface area contributed by atoms with Gasteiger partial charge in [0.25, 0.3) is 0 Å². The van der Waals surface area contributed by atoms with Crippen molar-refractivity contribution in [2.24, 2.45) is 0 Å². The van der Waals surface area contributed by atoms with Crippen LogP contribution in [0.5, 0.6) is 11.5 Å². The van der Waals surface area contributed by atoms with Crippen molar-refractivity contribution in [2.75, 3.05) is 0 Å². The van der Waals surface area contributed by atoms with E-state index in [4.69, 9.17) is 11.6 Å². The number of ketones is 1. The highest BCUT2D eigenvalue weighted by atomic mass is 35.5. The molecule has 0 heterocycles. The molecule has 3 nitrogen and oxygen atoms in total. The summed E-state index contributed by atoms with van der Waals surface area (Å²) in [6.45, 7) is -2.90. The van der Waals surface area contributed by atoms with Crippen LogP contribution >= 0.6 is 11.6 Å². The van der Waals surface area contributed by atoms with Gasteiger partial charge in [-0.1, -0.05) is 23.7 Å². The zero-order chi connectivity index (χ0) is 16.1. The van der Waals surface area contributed by atoms with E-state index < -0.39 is 6.61 Å². The van der Waals surface area contributed by atoms with E-state index in [2.05, 4.69) is 4.74 Å². The normalized spacial score (nSPS) is 11.1. The fourth-order valence-corrected chi connectivity index (χ4v) is 1.88. The van der Waals surface area contributed by atoms with Crippen molar-refractivity contribution in [3.8, 4) is 11.5 Å². The second-order valence-corrected chi connectivity index (χ2v) is 4.72. The first-order valence-electron chi connectivity index (χ1n) is 6.21. The van der Waals surface area contributed by atoms with Crippen LogP contribution in [0.1, 0.15) is 15.9 Å². The van der Waals surface area contributed by atoms with E-state index in [1.54, 1.807) is 6.07 Å². The van der Waals surface area contributed by atoms with Crippen molar-refractivity contribution in [1.29, 1.82) is 0 Å². The van der Waals surface area contributed by atoms with Crippen molar-refractivity contribution < 1.29 is 23.4 Å². The van der Waals surface area contributed by atoms with Gasteiger partial charge in [-0.3, -0.25) is 4.79 Å². The maximum absolute atomic E-state index is 12.0. The molecule has 0 aromatic heterocycles. The molecule has 1 N–H and O–H groups in total. The summed E-state index contributed by atoms with van der Waals surface area (Å²) in [6.07, 6.45) is 2.86. The number of halogens is 3. The van der Waals surface area contributed by atoms with Crippen LogP contribution < -0.4 is 4.74 Å². The van der Waals surface area contributed by atoms with Gasteiger partial charge in [0.05, 0.1) is 5.02 Å². The average molecular weight is 325 g/mol. The summed E-state index contributed by atoms with van der Waals surface area (Å²) < 4.78 is 28.2. The van der Waals surface area contributed by atoms with Crippen LogP contribution in [0.4, 0.5) is 8.78 Å². The smallest absolute Gasteiger partial charge is 0.387 e. The van der Waals surface area contributed by atoms with Gasteiger partial charge in [0.2, 0.25) is 0 Å². The second-order valence-electron chi connectivity index (χ2n) is 4.31. The van der Waals surface area contributed by atoms with Gasteiger partial charge in [-0.2, -0.15) is 8.78 Å². The largest absolute Gasteiger partial charge is 0.506 e. The molecule has 0 fully saturated rings. The Bertz CT molecular complexity index is 697. The highest BCUT2D eigenvalue weighted by Gasteiger charge is 2.06. The summed E-state index contributed by atoms with van der Waals surface area (Å²) in [7, 11) is 0. The molecule has 0 bridgehead atoms. The predicted octanol–water partition coefficient (Wildman–Crippen LogP) is 4.54. The Kier molecular flexibility index (Phi) is 5.12. The van der Waals surface area contributed by atoms with Crippen molar-refractivity contribution in [1.82, 2.24) is 0 Å². The fourth-order valence-electron chi connectivity index (χ4n) is 1.70. The van der Waals surface area contributed by atoms with E-state index in [-0.39, 0.29) is 22.3 Å². The number of ether oxygens (including phenoxy) is 1. The molecule has 0 spiro atoms. The van der Waals surface area contributed by atoms with Crippen LogP contribution in [-0.4, -0.2) is 17.5 Å². The summed E-state index contributed by atoms with van der Waals surface area (Å²) in [5.41, 5.74) is 0.983. The Morgan fingerprint density at radius 3 is 2.45 bits per heavy atom. The Hall–Kier alpha value is -2.40. The molecule has 0 aliphatic rings. The fraction of sp³-hybridized carbons (Fsp3) is 0.0625. The standard InChI is InChI=1S/C16H11ClF2O3/c17-13-9-10(2-8-15(13)21)1-7-14(20)11-3-5-12(6-4-11)22-16(18)19/h1-9,16,21H/b7-1+. The first kappa shape index (κ1) is 16.0. The average Bonchev–Trinajstić information content (AvgIpc) is 2.48. The first-order chi connectivity index (χ1) is 10.5. The monoisotopic (exact) mass is 324 g/mol. The predicted molar refractivity (Wildman–Crippen MR) is 79.6 cm³/mol. The topological polar surface area (TPSA) is 46.5 Å². The van der Waals surface area contributed by atoms with E-state index in [1.807, 2.05) is 0 Å². The van der Waals surface area contributed by atoms with Crippen molar-refractivity contribution >= 4 is 23.5 Å². The molecule has 2 aromatic carbocycles. The number of carbonyl (C=O) groups is 1. The molecule has 0 unspecified atom stereocenters. The van der Waals surface area contributed by atoms with Gasteiger partial charge >= 0.3 is 6.61 Å². The molecule has 2 aromatic rings. The van der Waals surface area contributed by atoms with Gasteiger partial charge in [0, 0.05) is 5.56 Å². The van der Waals surface area contributed by atoms with E-state index in [0.717, 1.165) is 0 Å². The number of phenolic OH excluding ortho intramolecular Hbond substituents is 1. The molecule has 0 amide bonds. The molecular weight excluding hydrogens is 314 g/mol. The van der Waals surface area contributed by atoms with Gasteiger partial charge < -0.3 is 9.84 Å². The van der Waals surface area contributed by atoms with Gasteiger partial charge in [-0.15, -0.1) is 0 Å². The summed E-state index contributed by atoms with van der Waals surface area (Å²) in [6, 6.07) is 9.92. The molecule has 2 rings (SSSR count). The molecule has 22 heavy (non-hydrogen) atoms. The molecule has 6 heteroatoms. The first-order valence-corrected chi connectivity index (χ1v) is 6.59. The lowest BCUT2D eigenvalue weighted by Gasteiger charge is -2.04. The number of carbonyl (C=O) groups excluding carboxylic acids is 1. The summed E-state index contributed by atoms with van der Waals surface area (Å²) in [5.74, 6) is -0.353. The Morgan fingerprint density at radius 1 is 1.18 bits per heavy atom. The van der Waals surface area contributed by atoms with Gasteiger partial charge in [0.1, 0.15) is 11.5 Å². The molecular formula is C16H11ClF2O3. The summed E-state index contributed by atoms with van der Waals surface area (Å²) in [4.78, 5) is 11.9. The molecule has 0 aliphatic carbocycles. The number of hydrogen-bond donors (Lipinski definition) is 1. The van der Waals surface area contributed by atoms with E-state index in [1.165, 1.54) is 48.6 Å².